The standard InChI is InChI=1S/C11H20N4O/c1-3-9-4-6-15(7-5-9)11-14-13-10(16-11)8-12-2/h9,12H,3-8H2,1-2H3. The highest BCUT2D eigenvalue weighted by Gasteiger charge is 2.21. The molecule has 0 spiro atoms. The van der Waals surface area contributed by atoms with Crippen molar-refractivity contribution in [2.45, 2.75) is 32.7 Å². The first-order chi connectivity index (χ1) is 7.83. The van der Waals surface area contributed by atoms with Crippen LogP contribution >= 0.6 is 0 Å². The first kappa shape index (κ1) is 11.4. The smallest absolute Gasteiger partial charge is 0.318 e. The first-order valence-corrected chi connectivity index (χ1v) is 6.05. The summed E-state index contributed by atoms with van der Waals surface area (Å²) in [5.41, 5.74) is 0. The third kappa shape index (κ3) is 2.52. The Balaban J connectivity index is 1.92. The first-order valence-electron chi connectivity index (χ1n) is 6.05. The van der Waals surface area contributed by atoms with Crippen LogP contribution in [-0.2, 0) is 6.54 Å². The van der Waals surface area contributed by atoms with Crippen LogP contribution in [0.15, 0.2) is 4.42 Å². The van der Waals surface area contributed by atoms with Crippen molar-refractivity contribution in [3.05, 3.63) is 5.89 Å². The maximum Gasteiger partial charge on any atom is 0.318 e. The van der Waals surface area contributed by atoms with E-state index in [2.05, 4.69) is 27.3 Å². The van der Waals surface area contributed by atoms with Gasteiger partial charge in [-0.2, -0.15) is 0 Å². The molecule has 1 fully saturated rings. The summed E-state index contributed by atoms with van der Waals surface area (Å²) in [7, 11) is 1.87. The van der Waals surface area contributed by atoms with Crippen LogP contribution in [0.3, 0.4) is 0 Å². The fourth-order valence-electron chi connectivity index (χ4n) is 2.13. The molecule has 0 bridgehead atoms. The molecule has 1 aromatic heterocycles. The third-order valence-electron chi connectivity index (χ3n) is 3.25. The van der Waals surface area contributed by atoms with Gasteiger partial charge in [-0.15, -0.1) is 5.10 Å². The Bertz CT molecular complexity index is 318. The molecule has 90 valence electrons. The van der Waals surface area contributed by atoms with Crippen LogP contribution < -0.4 is 10.2 Å². The Morgan fingerprint density at radius 2 is 2.12 bits per heavy atom. The van der Waals surface area contributed by atoms with Crippen LogP contribution in [0.1, 0.15) is 32.1 Å². The number of nitrogens with zero attached hydrogens (tertiary/aromatic N) is 3. The molecule has 1 aromatic rings. The van der Waals surface area contributed by atoms with E-state index in [9.17, 15) is 0 Å². The molecule has 0 aromatic carbocycles. The molecule has 1 aliphatic rings. The highest BCUT2D eigenvalue weighted by atomic mass is 16.4. The second kappa shape index (κ2) is 5.30. The van der Waals surface area contributed by atoms with Gasteiger partial charge in [0.2, 0.25) is 5.89 Å². The van der Waals surface area contributed by atoms with Crippen LogP contribution in [0, 0.1) is 5.92 Å². The van der Waals surface area contributed by atoms with E-state index >= 15 is 0 Å². The zero-order chi connectivity index (χ0) is 11.4. The summed E-state index contributed by atoms with van der Waals surface area (Å²) < 4.78 is 5.57. The second-order valence-corrected chi connectivity index (χ2v) is 4.35. The van der Waals surface area contributed by atoms with Crippen molar-refractivity contribution in [1.29, 1.82) is 0 Å². The number of hydrogen-bond acceptors (Lipinski definition) is 5. The number of rotatable bonds is 4. The average Bonchev–Trinajstić information content (AvgIpc) is 2.78. The van der Waals surface area contributed by atoms with Crippen molar-refractivity contribution in [3.63, 3.8) is 0 Å². The zero-order valence-corrected chi connectivity index (χ0v) is 10.1. The van der Waals surface area contributed by atoms with Gasteiger partial charge in [-0.25, -0.2) is 0 Å². The Morgan fingerprint density at radius 3 is 2.75 bits per heavy atom. The highest BCUT2D eigenvalue weighted by Crippen LogP contribution is 2.23. The van der Waals surface area contributed by atoms with E-state index < -0.39 is 0 Å². The quantitative estimate of drug-likeness (QED) is 0.838. The van der Waals surface area contributed by atoms with E-state index in [1.807, 2.05) is 7.05 Å². The average molecular weight is 224 g/mol. The Hall–Kier alpha value is -1.10. The molecule has 0 atom stereocenters. The lowest BCUT2D eigenvalue weighted by Gasteiger charge is -2.29. The summed E-state index contributed by atoms with van der Waals surface area (Å²) in [6.45, 7) is 4.98. The van der Waals surface area contributed by atoms with Crippen LogP contribution in [0.2, 0.25) is 0 Å². The number of hydrogen-bond donors (Lipinski definition) is 1. The van der Waals surface area contributed by atoms with Crippen LogP contribution in [-0.4, -0.2) is 30.3 Å². The van der Waals surface area contributed by atoms with Crippen molar-refractivity contribution in [2.75, 3.05) is 25.0 Å². The van der Waals surface area contributed by atoms with E-state index in [-0.39, 0.29) is 0 Å². The predicted molar refractivity (Wildman–Crippen MR) is 62.3 cm³/mol. The lowest BCUT2D eigenvalue weighted by Crippen LogP contribution is -2.33. The molecule has 0 radical (unpaired) electrons. The summed E-state index contributed by atoms with van der Waals surface area (Å²) in [6.07, 6.45) is 3.75. The normalized spacial score (nSPS) is 18.0. The largest absolute Gasteiger partial charge is 0.407 e. The fourth-order valence-corrected chi connectivity index (χ4v) is 2.13. The van der Waals surface area contributed by atoms with Crippen molar-refractivity contribution < 1.29 is 4.42 Å². The lowest BCUT2D eigenvalue weighted by atomic mass is 9.95. The molecular weight excluding hydrogens is 204 g/mol. The maximum atomic E-state index is 5.57. The van der Waals surface area contributed by atoms with Gasteiger partial charge in [0.05, 0.1) is 6.54 Å². The Labute approximate surface area is 96.2 Å². The number of piperidine rings is 1. The molecular formula is C11H20N4O. The fraction of sp³-hybridized carbons (Fsp3) is 0.818. The molecule has 2 heterocycles. The van der Waals surface area contributed by atoms with Crippen LogP contribution in [0.4, 0.5) is 6.01 Å². The minimum absolute atomic E-state index is 0.637. The van der Waals surface area contributed by atoms with E-state index in [0.29, 0.717) is 18.5 Å². The summed E-state index contributed by atoms with van der Waals surface area (Å²) >= 11 is 0. The van der Waals surface area contributed by atoms with Gasteiger partial charge >= 0.3 is 6.01 Å². The molecule has 0 unspecified atom stereocenters. The molecule has 5 nitrogen and oxygen atoms in total. The SMILES string of the molecule is CCC1CCN(c2nnc(CNC)o2)CC1. The van der Waals surface area contributed by atoms with Gasteiger partial charge in [0.25, 0.3) is 0 Å². The van der Waals surface area contributed by atoms with Gasteiger partial charge in [0, 0.05) is 13.1 Å². The van der Waals surface area contributed by atoms with Gasteiger partial charge in [-0.05, 0) is 25.8 Å². The number of aromatic nitrogens is 2. The van der Waals surface area contributed by atoms with Crippen molar-refractivity contribution in [2.24, 2.45) is 5.92 Å². The van der Waals surface area contributed by atoms with Crippen LogP contribution in [0.5, 0.6) is 0 Å². The van der Waals surface area contributed by atoms with E-state index in [0.717, 1.165) is 19.0 Å². The molecule has 0 aliphatic carbocycles. The van der Waals surface area contributed by atoms with E-state index in [4.69, 9.17) is 4.42 Å². The summed E-state index contributed by atoms with van der Waals surface area (Å²) in [6, 6.07) is 0.680. The van der Waals surface area contributed by atoms with Crippen molar-refractivity contribution in [1.82, 2.24) is 15.5 Å². The van der Waals surface area contributed by atoms with Crippen molar-refractivity contribution >= 4 is 6.01 Å². The molecule has 0 amide bonds. The van der Waals surface area contributed by atoms with Gasteiger partial charge in [0.15, 0.2) is 0 Å². The second-order valence-electron chi connectivity index (χ2n) is 4.35. The Morgan fingerprint density at radius 1 is 1.38 bits per heavy atom. The third-order valence-corrected chi connectivity index (χ3v) is 3.25. The minimum Gasteiger partial charge on any atom is -0.407 e. The van der Waals surface area contributed by atoms with Crippen molar-refractivity contribution in [3.8, 4) is 0 Å². The highest BCUT2D eigenvalue weighted by molar-refractivity contribution is 5.24. The molecule has 5 heteroatoms. The minimum atomic E-state index is 0.637. The number of nitrogens with one attached hydrogen (secondary N) is 1. The Kier molecular flexibility index (Phi) is 3.77. The number of anilines is 1. The van der Waals surface area contributed by atoms with Gasteiger partial charge in [-0.1, -0.05) is 18.4 Å². The topological polar surface area (TPSA) is 54.2 Å². The van der Waals surface area contributed by atoms with Gasteiger partial charge in [-0.3, -0.25) is 0 Å². The van der Waals surface area contributed by atoms with Crippen LogP contribution in [0.25, 0.3) is 0 Å². The molecule has 16 heavy (non-hydrogen) atoms. The van der Waals surface area contributed by atoms with Gasteiger partial charge in [0.1, 0.15) is 0 Å². The predicted octanol–water partition coefficient (Wildman–Crippen LogP) is 1.42. The molecule has 1 aliphatic heterocycles. The zero-order valence-electron chi connectivity index (χ0n) is 10.1. The monoisotopic (exact) mass is 224 g/mol. The molecule has 2 rings (SSSR count). The summed E-state index contributed by atoms with van der Waals surface area (Å²) in [5.74, 6) is 1.53. The van der Waals surface area contributed by atoms with E-state index in [1.165, 1.54) is 19.3 Å². The molecule has 0 saturated carbocycles. The molecule has 1 N–H and O–H groups in total. The lowest BCUT2D eigenvalue weighted by molar-refractivity contribution is 0.374. The van der Waals surface area contributed by atoms with Gasteiger partial charge < -0.3 is 14.6 Å². The summed E-state index contributed by atoms with van der Waals surface area (Å²) in [5, 5.41) is 11.1. The van der Waals surface area contributed by atoms with E-state index in [1.54, 1.807) is 0 Å². The summed E-state index contributed by atoms with van der Waals surface area (Å²) in [4.78, 5) is 2.19. The molecule has 1 saturated heterocycles. The maximum absolute atomic E-state index is 5.57.